The van der Waals surface area contributed by atoms with E-state index in [0.717, 1.165) is 9.54 Å². The number of pyridine rings is 1. The van der Waals surface area contributed by atoms with Crippen LogP contribution in [0.5, 0.6) is 5.75 Å². The van der Waals surface area contributed by atoms with Crippen LogP contribution < -0.4 is 4.74 Å². The number of rotatable bonds is 5. The SMILES string of the molecule is COC(=O)c1nc(-c2ccc(Cl)c(OC)c2F)cc2c1c(C)cn2S(=O)(=O)c1ccc(C)cc1. The summed E-state index contributed by atoms with van der Waals surface area (Å²) in [6.45, 7) is 3.50. The summed E-state index contributed by atoms with van der Waals surface area (Å²) in [4.78, 5) is 17.0. The Morgan fingerprint density at radius 3 is 2.38 bits per heavy atom. The van der Waals surface area contributed by atoms with Gasteiger partial charge < -0.3 is 9.47 Å². The first-order chi connectivity index (χ1) is 16.1. The molecular formula is C24H20ClFN2O5S. The summed E-state index contributed by atoms with van der Waals surface area (Å²) in [5.74, 6) is -1.78. The third kappa shape index (κ3) is 3.80. The van der Waals surface area contributed by atoms with Crippen LogP contribution in [0.3, 0.4) is 0 Å². The van der Waals surface area contributed by atoms with Crippen molar-refractivity contribution in [2.24, 2.45) is 0 Å². The number of esters is 1. The van der Waals surface area contributed by atoms with Gasteiger partial charge in [0.05, 0.1) is 35.3 Å². The second-order valence-electron chi connectivity index (χ2n) is 7.61. The molecule has 0 radical (unpaired) electrons. The van der Waals surface area contributed by atoms with Crippen molar-refractivity contribution in [3.05, 3.63) is 76.3 Å². The van der Waals surface area contributed by atoms with Crippen LogP contribution >= 0.6 is 11.6 Å². The normalized spacial score (nSPS) is 11.6. The lowest BCUT2D eigenvalue weighted by Gasteiger charge is -2.12. The quantitative estimate of drug-likeness (QED) is 0.351. The zero-order valence-electron chi connectivity index (χ0n) is 18.7. The number of hydrogen-bond acceptors (Lipinski definition) is 6. The van der Waals surface area contributed by atoms with Crippen LogP contribution in [0.15, 0.2) is 53.6 Å². The molecule has 0 spiro atoms. The number of carbonyl (C=O) groups excluding carboxylic acids is 1. The summed E-state index contributed by atoms with van der Waals surface area (Å²) in [6, 6.07) is 10.6. The lowest BCUT2D eigenvalue weighted by molar-refractivity contribution is 0.0596. The molecule has 0 saturated heterocycles. The van der Waals surface area contributed by atoms with Gasteiger partial charge in [0.15, 0.2) is 17.3 Å². The first-order valence-corrected chi connectivity index (χ1v) is 11.9. The topological polar surface area (TPSA) is 87.5 Å². The van der Waals surface area contributed by atoms with Gasteiger partial charge in [-0.15, -0.1) is 0 Å². The molecule has 0 aliphatic carbocycles. The molecule has 2 aromatic heterocycles. The van der Waals surface area contributed by atoms with E-state index in [1.807, 2.05) is 6.92 Å². The zero-order chi connectivity index (χ0) is 24.8. The number of halogens is 2. The van der Waals surface area contributed by atoms with Crippen LogP contribution in [0.4, 0.5) is 4.39 Å². The highest BCUT2D eigenvalue weighted by Crippen LogP contribution is 2.37. The average molecular weight is 503 g/mol. The molecule has 0 unspecified atom stereocenters. The molecule has 2 aromatic carbocycles. The number of carbonyl (C=O) groups is 1. The molecule has 2 heterocycles. The molecule has 0 saturated carbocycles. The largest absolute Gasteiger partial charge is 0.492 e. The molecule has 0 N–H and O–H groups in total. The van der Waals surface area contributed by atoms with E-state index in [1.54, 1.807) is 19.1 Å². The van der Waals surface area contributed by atoms with Crippen molar-refractivity contribution in [1.82, 2.24) is 8.96 Å². The molecule has 0 aliphatic heterocycles. The smallest absolute Gasteiger partial charge is 0.357 e. The van der Waals surface area contributed by atoms with E-state index in [9.17, 15) is 13.2 Å². The highest BCUT2D eigenvalue weighted by atomic mass is 35.5. The van der Waals surface area contributed by atoms with Gasteiger partial charge in [0, 0.05) is 17.1 Å². The zero-order valence-corrected chi connectivity index (χ0v) is 20.3. The molecule has 0 bridgehead atoms. The minimum atomic E-state index is -4.04. The Hall–Kier alpha value is -3.43. The molecule has 4 aromatic rings. The van der Waals surface area contributed by atoms with Gasteiger partial charge in [-0.1, -0.05) is 29.3 Å². The van der Waals surface area contributed by atoms with Gasteiger partial charge in [-0.25, -0.2) is 26.6 Å². The van der Waals surface area contributed by atoms with E-state index < -0.39 is 21.8 Å². The van der Waals surface area contributed by atoms with Crippen molar-refractivity contribution in [3.63, 3.8) is 0 Å². The van der Waals surface area contributed by atoms with E-state index in [0.29, 0.717) is 5.56 Å². The van der Waals surface area contributed by atoms with Crippen LogP contribution in [0.1, 0.15) is 21.6 Å². The Bertz CT molecular complexity index is 1550. The van der Waals surface area contributed by atoms with E-state index in [1.165, 1.54) is 50.7 Å². The molecule has 34 heavy (non-hydrogen) atoms. The van der Waals surface area contributed by atoms with Gasteiger partial charge >= 0.3 is 5.97 Å². The van der Waals surface area contributed by atoms with Crippen molar-refractivity contribution in [1.29, 1.82) is 0 Å². The van der Waals surface area contributed by atoms with E-state index >= 15 is 4.39 Å². The van der Waals surface area contributed by atoms with Gasteiger partial charge in [0.1, 0.15) is 0 Å². The maximum Gasteiger partial charge on any atom is 0.357 e. The molecule has 0 aliphatic rings. The highest BCUT2D eigenvalue weighted by molar-refractivity contribution is 7.90. The molecule has 4 rings (SSSR count). The Morgan fingerprint density at radius 2 is 1.76 bits per heavy atom. The van der Waals surface area contributed by atoms with Gasteiger partial charge in [0.2, 0.25) is 0 Å². The fourth-order valence-corrected chi connectivity index (χ4v) is 5.36. The van der Waals surface area contributed by atoms with Crippen LogP contribution in [0, 0.1) is 19.7 Å². The number of benzene rings is 2. The fraction of sp³-hybridized carbons (Fsp3) is 0.167. The maximum absolute atomic E-state index is 15.2. The van der Waals surface area contributed by atoms with Crippen molar-refractivity contribution >= 4 is 38.5 Å². The standard InChI is InChI=1S/C24H20ClFN2O5S/c1-13-5-7-15(8-6-13)34(30,31)28-12-14(2)20-19(28)11-18(27-22(20)24(29)33-4)16-9-10-17(25)23(32-3)21(16)26/h5-12H,1-4H3. The highest BCUT2D eigenvalue weighted by Gasteiger charge is 2.27. The molecular weight excluding hydrogens is 483 g/mol. The van der Waals surface area contributed by atoms with Crippen molar-refractivity contribution in [3.8, 4) is 17.0 Å². The van der Waals surface area contributed by atoms with Crippen LogP contribution in [0.2, 0.25) is 5.02 Å². The number of aromatic nitrogens is 2. The van der Waals surface area contributed by atoms with E-state index in [4.69, 9.17) is 21.1 Å². The molecule has 0 fully saturated rings. The monoisotopic (exact) mass is 502 g/mol. The summed E-state index contributed by atoms with van der Waals surface area (Å²) in [7, 11) is -1.59. The molecule has 176 valence electrons. The third-order valence-electron chi connectivity index (χ3n) is 5.43. The molecule has 7 nitrogen and oxygen atoms in total. The first-order valence-electron chi connectivity index (χ1n) is 10.1. The second-order valence-corrected chi connectivity index (χ2v) is 9.83. The summed E-state index contributed by atoms with van der Waals surface area (Å²) in [5.41, 5.74) is 1.39. The predicted octanol–water partition coefficient (Wildman–Crippen LogP) is 5.14. The van der Waals surface area contributed by atoms with Gasteiger partial charge in [-0.3, -0.25) is 0 Å². The van der Waals surface area contributed by atoms with Crippen LogP contribution in [-0.4, -0.2) is 37.6 Å². The van der Waals surface area contributed by atoms with Gasteiger partial charge in [0.25, 0.3) is 10.0 Å². The van der Waals surface area contributed by atoms with Crippen LogP contribution in [-0.2, 0) is 14.8 Å². The second kappa shape index (κ2) is 8.73. The minimum absolute atomic E-state index is 0.0128. The number of hydrogen-bond donors (Lipinski definition) is 0. The number of ether oxygens (including phenoxy) is 2. The van der Waals surface area contributed by atoms with Crippen molar-refractivity contribution in [2.45, 2.75) is 18.7 Å². The lowest BCUT2D eigenvalue weighted by atomic mass is 10.1. The summed E-state index contributed by atoms with van der Waals surface area (Å²) in [5, 5.41) is 0.340. The Labute approximate surface area is 200 Å². The van der Waals surface area contributed by atoms with E-state index in [2.05, 4.69) is 4.98 Å². The Morgan fingerprint density at radius 1 is 1.09 bits per heavy atom. The molecule has 0 atom stereocenters. The third-order valence-corrected chi connectivity index (χ3v) is 7.41. The first kappa shape index (κ1) is 23.7. The predicted molar refractivity (Wildman–Crippen MR) is 127 cm³/mol. The number of methoxy groups -OCH3 is 2. The number of nitrogens with zero attached hydrogens (tertiary/aromatic N) is 2. The van der Waals surface area contributed by atoms with E-state index in [-0.39, 0.29) is 43.5 Å². The van der Waals surface area contributed by atoms with Crippen LogP contribution in [0.25, 0.3) is 22.2 Å². The average Bonchev–Trinajstić information content (AvgIpc) is 3.16. The number of fused-ring (bicyclic) bond motifs is 1. The maximum atomic E-state index is 15.2. The minimum Gasteiger partial charge on any atom is -0.492 e. The summed E-state index contributed by atoms with van der Waals surface area (Å²) >= 11 is 6.01. The Kier molecular flexibility index (Phi) is 6.09. The Balaban J connectivity index is 2.07. The molecule has 10 heteroatoms. The van der Waals surface area contributed by atoms with Crippen molar-refractivity contribution in [2.75, 3.05) is 14.2 Å². The lowest BCUT2D eigenvalue weighted by Crippen LogP contribution is -2.13. The summed E-state index contributed by atoms with van der Waals surface area (Å²) in [6.07, 6.45) is 1.40. The van der Waals surface area contributed by atoms with Crippen molar-refractivity contribution < 1.29 is 27.1 Å². The van der Waals surface area contributed by atoms with Gasteiger partial charge in [-0.2, -0.15) is 0 Å². The molecule has 0 amide bonds. The van der Waals surface area contributed by atoms with Gasteiger partial charge in [-0.05, 0) is 49.7 Å². The fourth-order valence-electron chi connectivity index (χ4n) is 3.73. The summed E-state index contributed by atoms with van der Waals surface area (Å²) < 4.78 is 53.2. The number of aryl methyl sites for hydroxylation is 2.